The van der Waals surface area contributed by atoms with E-state index in [1.54, 1.807) is 30.3 Å². The zero-order chi connectivity index (χ0) is 21.0. The molecule has 0 spiro atoms. The van der Waals surface area contributed by atoms with Crippen molar-refractivity contribution in [2.75, 3.05) is 13.2 Å². The SMILES string of the molecule is Cl.Cl.NCCC(N)(COCc1cc(C(F)(F)F)cc(C(F)(F)F)c1)c1ccccc1. The van der Waals surface area contributed by atoms with Crippen LogP contribution < -0.4 is 11.5 Å². The van der Waals surface area contributed by atoms with Gasteiger partial charge in [0.1, 0.15) is 0 Å². The highest BCUT2D eigenvalue weighted by Gasteiger charge is 2.37. The highest BCUT2D eigenvalue weighted by Crippen LogP contribution is 2.36. The minimum Gasteiger partial charge on any atom is -0.375 e. The van der Waals surface area contributed by atoms with Crippen LogP contribution in [0, 0.1) is 0 Å². The van der Waals surface area contributed by atoms with E-state index in [4.69, 9.17) is 16.2 Å². The zero-order valence-electron chi connectivity index (χ0n) is 15.6. The van der Waals surface area contributed by atoms with E-state index in [9.17, 15) is 26.3 Å². The first kappa shape index (κ1) is 28.5. The second-order valence-electron chi connectivity index (χ2n) is 6.47. The van der Waals surface area contributed by atoms with Crippen molar-refractivity contribution in [3.8, 4) is 0 Å². The molecule has 2 rings (SSSR count). The molecule has 0 heterocycles. The van der Waals surface area contributed by atoms with Crippen LogP contribution in [-0.4, -0.2) is 13.2 Å². The molecular formula is C19H22Cl2F6N2O. The summed E-state index contributed by atoms with van der Waals surface area (Å²) in [6, 6.07) is 10.2. The monoisotopic (exact) mass is 478 g/mol. The lowest BCUT2D eigenvalue weighted by Gasteiger charge is -2.29. The van der Waals surface area contributed by atoms with E-state index in [2.05, 4.69) is 0 Å². The molecular weight excluding hydrogens is 457 g/mol. The molecule has 0 fully saturated rings. The van der Waals surface area contributed by atoms with Gasteiger partial charge in [0.15, 0.2) is 0 Å². The van der Waals surface area contributed by atoms with Crippen molar-refractivity contribution in [1.82, 2.24) is 0 Å². The molecule has 4 N–H and O–H groups in total. The summed E-state index contributed by atoms with van der Waals surface area (Å²) in [5.41, 5.74) is 8.60. The summed E-state index contributed by atoms with van der Waals surface area (Å²) in [5, 5.41) is 0. The highest BCUT2D eigenvalue weighted by atomic mass is 35.5. The summed E-state index contributed by atoms with van der Waals surface area (Å²) in [7, 11) is 0. The van der Waals surface area contributed by atoms with E-state index >= 15 is 0 Å². The molecule has 0 aliphatic carbocycles. The van der Waals surface area contributed by atoms with Crippen LogP contribution in [0.2, 0.25) is 0 Å². The van der Waals surface area contributed by atoms with Crippen LogP contribution in [0.25, 0.3) is 0 Å². The third-order valence-electron chi connectivity index (χ3n) is 4.21. The Hall–Kier alpha value is -1.52. The quantitative estimate of drug-likeness (QED) is 0.531. The fourth-order valence-electron chi connectivity index (χ4n) is 2.78. The van der Waals surface area contributed by atoms with Crippen molar-refractivity contribution in [3.63, 3.8) is 0 Å². The first-order valence-corrected chi connectivity index (χ1v) is 8.36. The van der Waals surface area contributed by atoms with E-state index in [0.717, 1.165) is 0 Å². The van der Waals surface area contributed by atoms with Crippen LogP contribution in [-0.2, 0) is 29.2 Å². The maximum Gasteiger partial charge on any atom is 0.416 e. The van der Waals surface area contributed by atoms with Gasteiger partial charge in [0.25, 0.3) is 0 Å². The molecule has 11 heteroatoms. The van der Waals surface area contributed by atoms with Crippen LogP contribution >= 0.6 is 24.8 Å². The molecule has 0 bridgehead atoms. The van der Waals surface area contributed by atoms with Crippen LogP contribution in [0.3, 0.4) is 0 Å². The van der Waals surface area contributed by atoms with Crippen molar-refractivity contribution in [2.45, 2.75) is 30.9 Å². The lowest BCUT2D eigenvalue weighted by molar-refractivity contribution is -0.143. The molecule has 170 valence electrons. The standard InChI is InChI=1S/C19H20F6N2O.2ClH/c20-18(21,22)15-8-13(9-16(10-15)19(23,24)25)11-28-12-17(27,6-7-26)14-4-2-1-3-5-14;;/h1-5,8-10H,6-7,11-12,26-27H2;2*1H. The van der Waals surface area contributed by atoms with Gasteiger partial charge < -0.3 is 16.2 Å². The Balaban J connectivity index is 0.00000420. The number of alkyl halides is 6. The van der Waals surface area contributed by atoms with Crippen LogP contribution in [0.5, 0.6) is 0 Å². The molecule has 30 heavy (non-hydrogen) atoms. The Labute approximate surface area is 182 Å². The predicted octanol–water partition coefficient (Wildman–Crippen LogP) is 5.29. The molecule has 2 aromatic carbocycles. The van der Waals surface area contributed by atoms with E-state index in [1.807, 2.05) is 0 Å². The van der Waals surface area contributed by atoms with E-state index in [0.29, 0.717) is 24.1 Å². The number of hydrogen-bond acceptors (Lipinski definition) is 3. The number of halogens is 8. The van der Waals surface area contributed by atoms with E-state index < -0.39 is 35.6 Å². The highest BCUT2D eigenvalue weighted by molar-refractivity contribution is 5.85. The summed E-state index contributed by atoms with van der Waals surface area (Å²) >= 11 is 0. The second-order valence-corrected chi connectivity index (χ2v) is 6.47. The lowest BCUT2D eigenvalue weighted by Crippen LogP contribution is -2.43. The number of nitrogens with two attached hydrogens (primary N) is 2. The van der Waals surface area contributed by atoms with Gasteiger partial charge in [-0.25, -0.2) is 0 Å². The first-order valence-electron chi connectivity index (χ1n) is 8.36. The van der Waals surface area contributed by atoms with Gasteiger partial charge in [-0.1, -0.05) is 30.3 Å². The van der Waals surface area contributed by atoms with Gasteiger partial charge in [0, 0.05) is 0 Å². The second kappa shape index (κ2) is 11.2. The summed E-state index contributed by atoms with van der Waals surface area (Å²) < 4.78 is 83.0. The van der Waals surface area contributed by atoms with Gasteiger partial charge in [-0.05, 0) is 42.3 Å². The maximum absolute atomic E-state index is 12.9. The number of rotatable bonds is 7. The average Bonchev–Trinajstić information content (AvgIpc) is 2.61. The first-order chi connectivity index (χ1) is 13.0. The Morgan fingerprint density at radius 2 is 1.27 bits per heavy atom. The summed E-state index contributed by atoms with van der Waals surface area (Å²) in [6.07, 6.45) is -9.48. The maximum atomic E-state index is 12.9. The number of hydrogen-bond donors (Lipinski definition) is 2. The largest absolute Gasteiger partial charge is 0.416 e. The van der Waals surface area contributed by atoms with E-state index in [1.165, 1.54) is 0 Å². The van der Waals surface area contributed by atoms with Crippen molar-refractivity contribution < 1.29 is 31.1 Å². The Morgan fingerprint density at radius 3 is 1.70 bits per heavy atom. The third-order valence-corrected chi connectivity index (χ3v) is 4.21. The minimum atomic E-state index is -4.91. The van der Waals surface area contributed by atoms with Gasteiger partial charge in [0.05, 0.1) is 29.9 Å². The van der Waals surface area contributed by atoms with Gasteiger partial charge >= 0.3 is 12.4 Å². The topological polar surface area (TPSA) is 61.3 Å². The van der Waals surface area contributed by atoms with Gasteiger partial charge in [-0.15, -0.1) is 24.8 Å². The molecule has 0 aliphatic rings. The number of benzene rings is 2. The molecule has 1 unspecified atom stereocenters. The molecule has 3 nitrogen and oxygen atoms in total. The Kier molecular flexibility index (Phi) is 10.6. The van der Waals surface area contributed by atoms with Crippen LogP contribution in [0.4, 0.5) is 26.3 Å². The van der Waals surface area contributed by atoms with Crippen molar-refractivity contribution in [1.29, 1.82) is 0 Å². The molecule has 0 saturated carbocycles. The molecule has 1 atom stereocenters. The predicted molar refractivity (Wildman–Crippen MR) is 107 cm³/mol. The van der Waals surface area contributed by atoms with Crippen LogP contribution in [0.1, 0.15) is 28.7 Å². The molecule has 0 aliphatic heterocycles. The zero-order valence-corrected chi connectivity index (χ0v) is 17.2. The van der Waals surface area contributed by atoms with Gasteiger partial charge in [0.2, 0.25) is 0 Å². The third kappa shape index (κ3) is 7.63. The average molecular weight is 479 g/mol. The normalized spacial score (nSPS) is 13.7. The van der Waals surface area contributed by atoms with E-state index in [-0.39, 0.29) is 49.6 Å². The molecule has 0 saturated heterocycles. The van der Waals surface area contributed by atoms with Crippen molar-refractivity contribution >= 4 is 24.8 Å². The molecule has 2 aromatic rings. The van der Waals surface area contributed by atoms with Crippen molar-refractivity contribution in [3.05, 3.63) is 70.8 Å². The number of ether oxygens (including phenoxy) is 1. The minimum absolute atomic E-state index is 0. The fourth-order valence-corrected chi connectivity index (χ4v) is 2.78. The summed E-state index contributed by atoms with van der Waals surface area (Å²) in [6.45, 7) is -0.342. The molecule has 0 aromatic heterocycles. The van der Waals surface area contributed by atoms with Gasteiger partial charge in [-0.2, -0.15) is 26.3 Å². The van der Waals surface area contributed by atoms with Crippen molar-refractivity contribution in [2.24, 2.45) is 11.5 Å². The Morgan fingerprint density at radius 1 is 0.767 bits per heavy atom. The fraction of sp³-hybridized carbons (Fsp3) is 0.368. The molecule has 0 radical (unpaired) electrons. The van der Waals surface area contributed by atoms with Gasteiger partial charge in [-0.3, -0.25) is 0 Å². The Bertz CT molecular complexity index is 755. The smallest absolute Gasteiger partial charge is 0.375 e. The van der Waals surface area contributed by atoms with Crippen LogP contribution in [0.15, 0.2) is 48.5 Å². The lowest BCUT2D eigenvalue weighted by atomic mass is 9.88. The molecule has 0 amide bonds. The summed E-state index contributed by atoms with van der Waals surface area (Å²) in [4.78, 5) is 0. The summed E-state index contributed by atoms with van der Waals surface area (Å²) in [5.74, 6) is 0.